The summed E-state index contributed by atoms with van der Waals surface area (Å²) in [6.07, 6.45) is 7.87. The molecule has 0 atom stereocenters. The Hall–Kier alpha value is -3.12. The fraction of sp³-hybridized carbons (Fsp3) is 0.333. The second-order valence-electron chi connectivity index (χ2n) is 8.00. The van der Waals surface area contributed by atoms with Crippen LogP contribution in [0.2, 0.25) is 0 Å². The second-order valence-corrected chi connectivity index (χ2v) is 8.86. The summed E-state index contributed by atoms with van der Waals surface area (Å²) in [5, 5.41) is 5.39. The highest BCUT2D eigenvalue weighted by Gasteiger charge is 2.09. The number of thiazole rings is 1. The Balaban J connectivity index is 1.59. The molecule has 6 heteroatoms. The van der Waals surface area contributed by atoms with Crippen molar-refractivity contribution in [2.75, 3.05) is 19.0 Å². The van der Waals surface area contributed by atoms with E-state index in [9.17, 15) is 4.79 Å². The molecule has 0 unspecified atom stereocenters. The third kappa shape index (κ3) is 7.19. The molecule has 5 nitrogen and oxygen atoms in total. The summed E-state index contributed by atoms with van der Waals surface area (Å²) in [5.41, 5.74) is 5.15. The molecule has 1 amide bonds. The molecule has 0 aliphatic carbocycles. The molecule has 0 radical (unpaired) electrons. The Bertz CT molecular complexity index is 1100. The number of rotatable bonds is 11. The number of aryl methyl sites for hydroxylation is 2. The summed E-state index contributed by atoms with van der Waals surface area (Å²) in [4.78, 5) is 17.0. The van der Waals surface area contributed by atoms with Gasteiger partial charge in [-0.1, -0.05) is 49.9 Å². The van der Waals surface area contributed by atoms with E-state index in [0.29, 0.717) is 17.5 Å². The number of ether oxygens (including phenoxy) is 2. The van der Waals surface area contributed by atoms with Gasteiger partial charge in [-0.05, 0) is 55.7 Å². The van der Waals surface area contributed by atoms with Crippen molar-refractivity contribution in [2.24, 2.45) is 0 Å². The molecule has 33 heavy (non-hydrogen) atoms. The molecule has 0 aliphatic rings. The number of anilines is 1. The number of aromatic nitrogens is 1. The van der Waals surface area contributed by atoms with Gasteiger partial charge >= 0.3 is 0 Å². The lowest BCUT2D eigenvalue weighted by Gasteiger charge is -2.11. The maximum Gasteiger partial charge on any atom is 0.250 e. The summed E-state index contributed by atoms with van der Waals surface area (Å²) in [6.45, 7) is 6.99. The summed E-state index contributed by atoms with van der Waals surface area (Å²) in [6, 6.07) is 11.9. The molecule has 1 aromatic heterocycles. The van der Waals surface area contributed by atoms with Crippen molar-refractivity contribution in [3.8, 4) is 22.8 Å². The predicted molar refractivity (Wildman–Crippen MR) is 137 cm³/mol. The normalized spacial score (nSPS) is 11.0. The Kier molecular flexibility index (Phi) is 9.07. The number of nitrogens with one attached hydrogen (secondary N) is 1. The number of methoxy groups -OCH3 is 1. The number of amides is 1. The molecule has 1 heterocycles. The Morgan fingerprint density at radius 1 is 1.09 bits per heavy atom. The van der Waals surface area contributed by atoms with Crippen molar-refractivity contribution >= 4 is 28.5 Å². The van der Waals surface area contributed by atoms with Gasteiger partial charge in [-0.15, -0.1) is 11.3 Å². The fourth-order valence-electron chi connectivity index (χ4n) is 3.40. The molecule has 0 aliphatic heterocycles. The lowest BCUT2D eigenvalue weighted by molar-refractivity contribution is -0.111. The molecular formula is C27H32N2O3S. The lowest BCUT2D eigenvalue weighted by atomic mass is 10.0. The van der Waals surface area contributed by atoms with Crippen molar-refractivity contribution in [3.63, 3.8) is 0 Å². The van der Waals surface area contributed by atoms with Crippen molar-refractivity contribution in [3.05, 3.63) is 64.5 Å². The third-order valence-electron chi connectivity index (χ3n) is 5.27. The standard InChI is InChI=1S/C27H32N2O3S/c1-5-6-7-8-15-32-24-13-11-21(17-25(24)31-4)12-14-26(30)29-27-28-23(18-33-27)22-16-19(2)9-10-20(22)3/h9-14,16-18H,5-8,15H2,1-4H3,(H,28,29,30)/b14-12+. The maximum atomic E-state index is 12.4. The Morgan fingerprint density at radius 3 is 2.73 bits per heavy atom. The fourth-order valence-corrected chi connectivity index (χ4v) is 4.12. The molecule has 0 spiro atoms. The first kappa shape index (κ1) is 24.5. The average molecular weight is 465 g/mol. The molecule has 3 aromatic rings. The van der Waals surface area contributed by atoms with E-state index < -0.39 is 0 Å². The van der Waals surface area contributed by atoms with E-state index in [-0.39, 0.29) is 5.91 Å². The van der Waals surface area contributed by atoms with E-state index in [2.05, 4.69) is 49.3 Å². The minimum absolute atomic E-state index is 0.230. The SMILES string of the molecule is CCCCCCOc1ccc(/C=C/C(=O)Nc2nc(-c3cc(C)ccc3C)cs2)cc1OC. The summed E-state index contributed by atoms with van der Waals surface area (Å²) in [7, 11) is 1.62. The van der Waals surface area contributed by atoms with Gasteiger partial charge in [0.2, 0.25) is 5.91 Å². The van der Waals surface area contributed by atoms with Crippen LogP contribution in [0.5, 0.6) is 11.5 Å². The molecule has 0 fully saturated rings. The van der Waals surface area contributed by atoms with Gasteiger partial charge in [0, 0.05) is 17.0 Å². The first-order valence-corrected chi connectivity index (χ1v) is 12.2. The first-order chi connectivity index (χ1) is 16.0. The smallest absolute Gasteiger partial charge is 0.250 e. The number of nitrogens with zero attached hydrogens (tertiary/aromatic N) is 1. The number of benzene rings is 2. The number of carbonyl (C=O) groups excluding carboxylic acids is 1. The highest BCUT2D eigenvalue weighted by Crippen LogP contribution is 2.30. The van der Waals surface area contributed by atoms with Crippen LogP contribution < -0.4 is 14.8 Å². The quantitative estimate of drug-likeness (QED) is 0.244. The van der Waals surface area contributed by atoms with Crippen molar-refractivity contribution in [2.45, 2.75) is 46.5 Å². The van der Waals surface area contributed by atoms with E-state index in [1.807, 2.05) is 23.6 Å². The first-order valence-electron chi connectivity index (χ1n) is 11.3. The van der Waals surface area contributed by atoms with Gasteiger partial charge in [0.1, 0.15) is 0 Å². The van der Waals surface area contributed by atoms with Gasteiger partial charge in [0.25, 0.3) is 0 Å². The lowest BCUT2D eigenvalue weighted by Crippen LogP contribution is -2.07. The van der Waals surface area contributed by atoms with Gasteiger partial charge in [-0.2, -0.15) is 0 Å². The van der Waals surface area contributed by atoms with Crippen molar-refractivity contribution < 1.29 is 14.3 Å². The molecular weight excluding hydrogens is 432 g/mol. The van der Waals surface area contributed by atoms with E-state index in [1.165, 1.54) is 42.2 Å². The number of carbonyl (C=O) groups is 1. The van der Waals surface area contributed by atoms with Gasteiger partial charge in [-0.3, -0.25) is 10.1 Å². The van der Waals surface area contributed by atoms with Crippen LogP contribution in [0.4, 0.5) is 5.13 Å². The van der Waals surface area contributed by atoms with Gasteiger partial charge < -0.3 is 9.47 Å². The topological polar surface area (TPSA) is 60.5 Å². The minimum atomic E-state index is -0.230. The van der Waals surface area contributed by atoms with Crippen LogP contribution in [0.15, 0.2) is 47.9 Å². The zero-order valence-electron chi connectivity index (χ0n) is 19.8. The third-order valence-corrected chi connectivity index (χ3v) is 6.03. The summed E-state index contributed by atoms with van der Waals surface area (Å²) < 4.78 is 11.3. The van der Waals surface area contributed by atoms with Crippen LogP contribution >= 0.6 is 11.3 Å². The average Bonchev–Trinajstić information content (AvgIpc) is 3.27. The Labute approximate surface area is 200 Å². The largest absolute Gasteiger partial charge is 0.493 e. The van der Waals surface area contributed by atoms with Gasteiger partial charge in [0.15, 0.2) is 16.6 Å². The van der Waals surface area contributed by atoms with Crippen LogP contribution in [0.25, 0.3) is 17.3 Å². The monoisotopic (exact) mass is 464 g/mol. The summed E-state index contributed by atoms with van der Waals surface area (Å²) in [5.74, 6) is 1.15. The number of hydrogen-bond acceptors (Lipinski definition) is 5. The molecule has 0 saturated carbocycles. The van der Waals surface area contributed by atoms with Crippen molar-refractivity contribution in [1.29, 1.82) is 0 Å². The molecule has 2 aromatic carbocycles. The molecule has 174 valence electrons. The second kappa shape index (κ2) is 12.2. The van der Waals surface area contributed by atoms with E-state index in [1.54, 1.807) is 13.2 Å². The van der Waals surface area contributed by atoms with Gasteiger partial charge in [-0.25, -0.2) is 4.98 Å². The zero-order chi connectivity index (χ0) is 23.6. The highest BCUT2D eigenvalue weighted by molar-refractivity contribution is 7.14. The zero-order valence-corrected chi connectivity index (χ0v) is 20.6. The van der Waals surface area contributed by atoms with E-state index in [0.717, 1.165) is 34.6 Å². The Morgan fingerprint density at radius 2 is 1.94 bits per heavy atom. The molecule has 0 saturated heterocycles. The van der Waals surface area contributed by atoms with Crippen LogP contribution in [-0.2, 0) is 4.79 Å². The van der Waals surface area contributed by atoms with Crippen LogP contribution in [0, 0.1) is 13.8 Å². The van der Waals surface area contributed by atoms with Crippen LogP contribution in [0.3, 0.4) is 0 Å². The van der Waals surface area contributed by atoms with Gasteiger partial charge in [0.05, 0.1) is 19.4 Å². The molecule has 1 N–H and O–H groups in total. The predicted octanol–water partition coefficient (Wildman–Crippen LogP) is 7.05. The molecule has 3 rings (SSSR count). The van der Waals surface area contributed by atoms with E-state index >= 15 is 0 Å². The number of hydrogen-bond donors (Lipinski definition) is 1. The highest BCUT2D eigenvalue weighted by atomic mass is 32.1. The summed E-state index contributed by atoms with van der Waals surface area (Å²) >= 11 is 1.42. The minimum Gasteiger partial charge on any atom is -0.493 e. The maximum absolute atomic E-state index is 12.4. The van der Waals surface area contributed by atoms with Crippen LogP contribution in [0.1, 0.15) is 49.3 Å². The van der Waals surface area contributed by atoms with Crippen LogP contribution in [-0.4, -0.2) is 24.6 Å². The number of unbranched alkanes of at least 4 members (excludes halogenated alkanes) is 3. The van der Waals surface area contributed by atoms with Crippen molar-refractivity contribution in [1.82, 2.24) is 4.98 Å². The van der Waals surface area contributed by atoms with E-state index in [4.69, 9.17) is 9.47 Å². The molecule has 0 bridgehead atoms.